The second kappa shape index (κ2) is 7.89. The van der Waals surface area contributed by atoms with Crippen molar-refractivity contribution < 1.29 is 4.79 Å². The number of carbonyl (C=O) groups is 1. The van der Waals surface area contributed by atoms with Crippen molar-refractivity contribution in [3.63, 3.8) is 0 Å². The van der Waals surface area contributed by atoms with Crippen molar-refractivity contribution in [3.05, 3.63) is 88.9 Å². The Morgan fingerprint density at radius 1 is 0.931 bits per heavy atom. The Morgan fingerprint density at radius 2 is 1.62 bits per heavy atom. The third kappa shape index (κ3) is 4.05. The Hall–Kier alpha value is -3.44. The van der Waals surface area contributed by atoms with Gasteiger partial charge in [0.15, 0.2) is 11.6 Å². The summed E-state index contributed by atoms with van der Waals surface area (Å²) in [5, 5.41) is 8.01. The van der Waals surface area contributed by atoms with Crippen LogP contribution in [0.3, 0.4) is 0 Å². The van der Waals surface area contributed by atoms with Gasteiger partial charge in [0.25, 0.3) is 0 Å². The molecule has 1 N–H and O–H groups in total. The van der Waals surface area contributed by atoms with E-state index in [9.17, 15) is 4.79 Å². The van der Waals surface area contributed by atoms with E-state index in [1.54, 1.807) is 12.1 Å². The van der Waals surface area contributed by atoms with Crippen molar-refractivity contribution in [3.8, 4) is 22.8 Å². The minimum atomic E-state index is -0.375. The first-order valence-corrected chi connectivity index (χ1v) is 9.56. The van der Waals surface area contributed by atoms with E-state index in [0.717, 1.165) is 22.3 Å². The number of anilines is 1. The molecule has 0 unspecified atom stereocenters. The van der Waals surface area contributed by atoms with Gasteiger partial charge in [0.05, 0.1) is 0 Å². The fraction of sp³-hybridized carbons (Fsp3) is 0.0870. The van der Waals surface area contributed by atoms with E-state index in [-0.39, 0.29) is 6.03 Å². The zero-order chi connectivity index (χ0) is 20.4. The largest absolute Gasteiger partial charge is 0.348 e. The maximum atomic E-state index is 13.0. The molecule has 6 heteroatoms. The Balaban J connectivity index is 1.78. The van der Waals surface area contributed by atoms with E-state index in [1.165, 1.54) is 4.68 Å². The maximum absolute atomic E-state index is 13.0. The topological polar surface area (TPSA) is 59.8 Å². The quantitative estimate of drug-likeness (QED) is 0.459. The molecule has 0 radical (unpaired) electrons. The lowest BCUT2D eigenvalue weighted by molar-refractivity contribution is 0.251. The zero-order valence-electron chi connectivity index (χ0n) is 16.1. The van der Waals surface area contributed by atoms with Crippen LogP contribution in [0.1, 0.15) is 11.1 Å². The molecule has 0 aliphatic carbocycles. The van der Waals surface area contributed by atoms with E-state index in [4.69, 9.17) is 11.6 Å². The Morgan fingerprint density at radius 3 is 2.31 bits per heavy atom. The highest BCUT2D eigenvalue weighted by molar-refractivity contribution is 6.30. The summed E-state index contributed by atoms with van der Waals surface area (Å²) >= 11 is 5.99. The number of aromatic nitrogens is 3. The summed E-state index contributed by atoms with van der Waals surface area (Å²) in [6.45, 7) is 3.98. The van der Waals surface area contributed by atoms with Gasteiger partial charge < -0.3 is 5.32 Å². The first-order chi connectivity index (χ1) is 14.0. The molecule has 0 saturated carbocycles. The van der Waals surface area contributed by atoms with E-state index in [2.05, 4.69) is 15.4 Å². The summed E-state index contributed by atoms with van der Waals surface area (Å²) in [5.74, 6) is 0.941. The number of hydrogen-bond donors (Lipinski definition) is 1. The number of halogens is 1. The smallest absolute Gasteiger partial charge is 0.306 e. The highest BCUT2D eigenvalue weighted by atomic mass is 35.5. The molecule has 0 aliphatic heterocycles. The molecule has 144 valence electrons. The van der Waals surface area contributed by atoms with Crippen LogP contribution in [0.25, 0.3) is 22.8 Å². The highest BCUT2D eigenvalue weighted by Gasteiger charge is 2.20. The molecule has 4 rings (SSSR count). The van der Waals surface area contributed by atoms with Gasteiger partial charge in [0.1, 0.15) is 0 Å². The number of carbonyl (C=O) groups excluding carboxylic acids is 1. The van der Waals surface area contributed by atoms with Gasteiger partial charge in [-0.1, -0.05) is 53.6 Å². The van der Waals surface area contributed by atoms with Crippen LogP contribution < -0.4 is 5.32 Å². The minimum Gasteiger partial charge on any atom is -0.306 e. The Labute approximate surface area is 174 Å². The average Bonchev–Trinajstić information content (AvgIpc) is 3.16. The van der Waals surface area contributed by atoms with Crippen LogP contribution in [-0.2, 0) is 0 Å². The van der Waals surface area contributed by atoms with Gasteiger partial charge in [0, 0.05) is 21.8 Å². The van der Waals surface area contributed by atoms with Crippen LogP contribution in [0.4, 0.5) is 10.5 Å². The number of benzene rings is 3. The van der Waals surface area contributed by atoms with Gasteiger partial charge in [-0.2, -0.15) is 4.68 Å². The van der Waals surface area contributed by atoms with Crippen molar-refractivity contribution in [2.24, 2.45) is 0 Å². The standard InChI is InChI=1S/C23H19ClN4O/c1-15-7-13-19(14-8-15)25-23(29)28-22(20-6-4-3-5-16(20)2)26-21(27-28)17-9-11-18(24)12-10-17/h3-14H,1-2H3,(H,25,29). The lowest BCUT2D eigenvalue weighted by Gasteiger charge is -2.09. The molecule has 0 spiro atoms. The van der Waals surface area contributed by atoms with Gasteiger partial charge in [-0.05, 0) is 55.8 Å². The summed E-state index contributed by atoms with van der Waals surface area (Å²) in [7, 11) is 0. The molecule has 5 nitrogen and oxygen atoms in total. The predicted molar refractivity (Wildman–Crippen MR) is 116 cm³/mol. The van der Waals surface area contributed by atoms with Gasteiger partial charge in [-0.15, -0.1) is 5.10 Å². The second-order valence-electron chi connectivity index (χ2n) is 6.79. The van der Waals surface area contributed by atoms with Crippen LogP contribution in [0.15, 0.2) is 72.8 Å². The van der Waals surface area contributed by atoms with Gasteiger partial charge in [0.2, 0.25) is 0 Å². The van der Waals surface area contributed by atoms with Crippen molar-refractivity contribution in [1.29, 1.82) is 0 Å². The van der Waals surface area contributed by atoms with E-state index >= 15 is 0 Å². The summed E-state index contributed by atoms with van der Waals surface area (Å²) in [4.78, 5) is 17.7. The number of hydrogen-bond acceptors (Lipinski definition) is 3. The second-order valence-corrected chi connectivity index (χ2v) is 7.23. The van der Waals surface area contributed by atoms with Crippen molar-refractivity contribution >= 4 is 23.3 Å². The Bertz CT molecular complexity index is 1160. The lowest BCUT2D eigenvalue weighted by Crippen LogP contribution is -2.22. The summed E-state index contributed by atoms with van der Waals surface area (Å²) in [6, 6.07) is 22.2. The van der Waals surface area contributed by atoms with Gasteiger partial charge in [-0.25, -0.2) is 9.78 Å². The molecule has 29 heavy (non-hydrogen) atoms. The minimum absolute atomic E-state index is 0.375. The molecule has 0 aliphatic rings. The van der Waals surface area contributed by atoms with Gasteiger partial charge in [-0.3, -0.25) is 0 Å². The van der Waals surface area contributed by atoms with Crippen LogP contribution >= 0.6 is 11.6 Å². The number of nitrogens with zero attached hydrogens (tertiary/aromatic N) is 3. The summed E-state index contributed by atoms with van der Waals surface area (Å²) in [6.07, 6.45) is 0. The SMILES string of the molecule is Cc1ccc(NC(=O)n2nc(-c3ccc(Cl)cc3)nc2-c2ccccc2C)cc1. The Kier molecular flexibility index (Phi) is 5.14. The molecule has 1 aromatic heterocycles. The third-order valence-electron chi connectivity index (χ3n) is 4.59. The molecule has 0 bridgehead atoms. The molecule has 4 aromatic rings. The zero-order valence-corrected chi connectivity index (χ0v) is 16.8. The third-order valence-corrected chi connectivity index (χ3v) is 4.84. The molecule has 1 heterocycles. The molecule has 3 aromatic carbocycles. The van der Waals surface area contributed by atoms with E-state index in [0.29, 0.717) is 22.4 Å². The fourth-order valence-corrected chi connectivity index (χ4v) is 3.11. The van der Waals surface area contributed by atoms with E-state index in [1.807, 2.05) is 74.5 Å². The molecule has 0 saturated heterocycles. The van der Waals surface area contributed by atoms with Crippen molar-refractivity contribution in [2.75, 3.05) is 5.32 Å². The number of amides is 1. The normalized spacial score (nSPS) is 10.7. The number of nitrogens with one attached hydrogen (secondary N) is 1. The fourth-order valence-electron chi connectivity index (χ4n) is 2.99. The lowest BCUT2D eigenvalue weighted by atomic mass is 10.1. The first kappa shape index (κ1) is 18.9. The van der Waals surface area contributed by atoms with Crippen LogP contribution in [0.2, 0.25) is 5.02 Å². The molecular formula is C23H19ClN4O. The monoisotopic (exact) mass is 402 g/mol. The summed E-state index contributed by atoms with van der Waals surface area (Å²) < 4.78 is 1.31. The van der Waals surface area contributed by atoms with Crippen molar-refractivity contribution in [2.45, 2.75) is 13.8 Å². The van der Waals surface area contributed by atoms with Gasteiger partial charge >= 0.3 is 6.03 Å². The number of aryl methyl sites for hydroxylation is 2. The molecule has 0 fully saturated rings. The van der Waals surface area contributed by atoms with Crippen LogP contribution in [-0.4, -0.2) is 20.8 Å². The molecule has 1 amide bonds. The highest BCUT2D eigenvalue weighted by Crippen LogP contribution is 2.26. The molecular weight excluding hydrogens is 384 g/mol. The predicted octanol–water partition coefficient (Wildman–Crippen LogP) is 5.96. The van der Waals surface area contributed by atoms with Crippen LogP contribution in [0.5, 0.6) is 0 Å². The number of rotatable bonds is 3. The average molecular weight is 403 g/mol. The van der Waals surface area contributed by atoms with Crippen molar-refractivity contribution in [1.82, 2.24) is 14.8 Å². The van der Waals surface area contributed by atoms with Crippen LogP contribution in [0, 0.1) is 13.8 Å². The first-order valence-electron chi connectivity index (χ1n) is 9.18. The molecule has 0 atom stereocenters. The summed E-state index contributed by atoms with van der Waals surface area (Å²) in [5.41, 5.74) is 4.45. The maximum Gasteiger partial charge on any atom is 0.348 e. The van der Waals surface area contributed by atoms with E-state index < -0.39 is 0 Å².